The normalized spacial score (nSPS) is 15.7. The molecule has 0 N–H and O–H groups in total. The lowest BCUT2D eigenvalue weighted by atomic mass is 10.1. The van der Waals surface area contributed by atoms with Crippen molar-refractivity contribution in [3.05, 3.63) is 88.7 Å². The molecule has 0 saturated carbocycles. The van der Waals surface area contributed by atoms with E-state index in [-0.39, 0.29) is 11.8 Å². The van der Waals surface area contributed by atoms with E-state index in [1.165, 1.54) is 16.7 Å². The van der Waals surface area contributed by atoms with Crippen LogP contribution in [0.25, 0.3) is 11.0 Å². The zero-order valence-electron chi connectivity index (χ0n) is 21.8. The predicted molar refractivity (Wildman–Crippen MR) is 146 cm³/mol. The van der Waals surface area contributed by atoms with Gasteiger partial charge in [0, 0.05) is 31.1 Å². The third-order valence-corrected chi connectivity index (χ3v) is 7.34. The van der Waals surface area contributed by atoms with Crippen LogP contribution in [0.4, 0.5) is 5.69 Å². The Morgan fingerprint density at radius 3 is 2.56 bits per heavy atom. The molecule has 4 aromatic rings. The number of nitrogens with zero attached hydrogens (tertiary/aromatic N) is 3. The first-order valence-corrected chi connectivity index (χ1v) is 12.9. The second kappa shape index (κ2) is 10.2. The number of hydrogen-bond donors (Lipinski definition) is 0. The van der Waals surface area contributed by atoms with Crippen molar-refractivity contribution in [3.8, 4) is 5.75 Å². The lowest BCUT2D eigenvalue weighted by Crippen LogP contribution is -2.25. The Morgan fingerprint density at radius 1 is 0.917 bits per heavy atom. The minimum Gasteiger partial charge on any atom is -0.494 e. The largest absolute Gasteiger partial charge is 0.494 e. The van der Waals surface area contributed by atoms with Crippen LogP contribution < -0.4 is 9.64 Å². The zero-order valence-corrected chi connectivity index (χ0v) is 21.8. The maximum absolute atomic E-state index is 13.1. The Balaban J connectivity index is 1.29. The number of benzene rings is 3. The molecule has 1 aliphatic rings. The van der Waals surface area contributed by atoms with E-state index in [0.717, 1.165) is 53.2 Å². The predicted octanol–water partition coefficient (Wildman–Crippen LogP) is 6.65. The topological polar surface area (TPSA) is 47.4 Å². The molecule has 1 amide bonds. The molecular formula is C31H35N3O2. The molecule has 0 bridgehead atoms. The van der Waals surface area contributed by atoms with E-state index < -0.39 is 0 Å². The summed E-state index contributed by atoms with van der Waals surface area (Å²) < 4.78 is 8.33. The minimum atomic E-state index is 0.0809. The monoisotopic (exact) mass is 481 g/mol. The average molecular weight is 482 g/mol. The molecule has 1 fully saturated rings. The van der Waals surface area contributed by atoms with Gasteiger partial charge in [-0.2, -0.15) is 0 Å². The summed E-state index contributed by atoms with van der Waals surface area (Å²) in [7, 11) is 0. The molecule has 1 aliphatic heterocycles. The summed E-state index contributed by atoms with van der Waals surface area (Å²) in [5.74, 6) is 2.21. The van der Waals surface area contributed by atoms with Crippen molar-refractivity contribution in [1.82, 2.24) is 9.55 Å². The highest BCUT2D eigenvalue weighted by Crippen LogP contribution is 2.35. The van der Waals surface area contributed by atoms with Gasteiger partial charge in [-0.3, -0.25) is 4.79 Å². The first kappa shape index (κ1) is 24.1. The highest BCUT2D eigenvalue weighted by Gasteiger charge is 2.35. The van der Waals surface area contributed by atoms with E-state index in [4.69, 9.17) is 9.72 Å². The van der Waals surface area contributed by atoms with Crippen LogP contribution in [-0.2, 0) is 11.3 Å². The first-order chi connectivity index (χ1) is 17.4. The molecule has 1 aromatic heterocycles. The molecule has 3 aromatic carbocycles. The molecule has 1 unspecified atom stereocenters. The number of ether oxygens (including phenoxy) is 1. The molecule has 1 atom stereocenters. The summed E-state index contributed by atoms with van der Waals surface area (Å²) in [6.45, 7) is 10.6. The second-order valence-corrected chi connectivity index (χ2v) is 10.1. The number of unbranched alkanes of at least 4 members (excludes halogenated alkanes) is 1. The molecule has 36 heavy (non-hydrogen) atoms. The standard InChI is InChI=1S/C31H35N3O2/c1-21-11-14-28(24(4)17-21)34-20-25(19-30(34)35)31-32-27-9-5-6-10-29(27)33(31)15-7-8-16-36-26-13-12-22(2)23(3)18-26/h5-6,9-14,17-18,25H,7-8,15-16,19-20H2,1-4H3. The van der Waals surface area contributed by atoms with E-state index in [9.17, 15) is 4.79 Å². The van der Waals surface area contributed by atoms with Crippen LogP contribution >= 0.6 is 0 Å². The summed E-state index contributed by atoms with van der Waals surface area (Å²) >= 11 is 0. The molecule has 5 nitrogen and oxygen atoms in total. The van der Waals surface area contributed by atoms with Crippen molar-refractivity contribution in [1.29, 1.82) is 0 Å². The maximum Gasteiger partial charge on any atom is 0.227 e. The van der Waals surface area contributed by atoms with Gasteiger partial charge in [0.25, 0.3) is 0 Å². The Morgan fingerprint density at radius 2 is 1.75 bits per heavy atom. The lowest BCUT2D eigenvalue weighted by molar-refractivity contribution is -0.117. The second-order valence-electron chi connectivity index (χ2n) is 10.1. The number of anilines is 1. The number of imidazole rings is 1. The van der Waals surface area contributed by atoms with Crippen molar-refractivity contribution in [2.75, 3.05) is 18.1 Å². The fourth-order valence-electron chi connectivity index (χ4n) is 5.23. The lowest BCUT2D eigenvalue weighted by Gasteiger charge is -2.20. The Labute approximate surface area is 213 Å². The van der Waals surface area contributed by atoms with E-state index >= 15 is 0 Å². The number of aromatic nitrogens is 2. The Kier molecular flexibility index (Phi) is 6.82. The fourth-order valence-corrected chi connectivity index (χ4v) is 5.23. The molecule has 5 heteroatoms. The number of rotatable bonds is 8. The molecule has 1 saturated heterocycles. The van der Waals surface area contributed by atoms with Gasteiger partial charge in [-0.15, -0.1) is 0 Å². The number of carbonyl (C=O) groups excluding carboxylic acids is 1. The molecular weight excluding hydrogens is 446 g/mol. The minimum absolute atomic E-state index is 0.0809. The van der Waals surface area contributed by atoms with Gasteiger partial charge >= 0.3 is 0 Å². The van der Waals surface area contributed by atoms with Gasteiger partial charge in [-0.05, 0) is 87.6 Å². The number of amides is 1. The van der Waals surface area contributed by atoms with Gasteiger partial charge in [0.2, 0.25) is 5.91 Å². The van der Waals surface area contributed by atoms with Crippen LogP contribution in [0.1, 0.15) is 53.3 Å². The maximum atomic E-state index is 13.1. The smallest absolute Gasteiger partial charge is 0.227 e. The summed E-state index contributed by atoms with van der Waals surface area (Å²) in [5.41, 5.74) is 8.03. The number of hydrogen-bond acceptors (Lipinski definition) is 3. The van der Waals surface area contributed by atoms with E-state index in [1.807, 2.05) is 17.0 Å². The van der Waals surface area contributed by atoms with Gasteiger partial charge in [0.05, 0.1) is 17.6 Å². The van der Waals surface area contributed by atoms with Gasteiger partial charge in [-0.1, -0.05) is 35.9 Å². The van der Waals surface area contributed by atoms with Crippen molar-refractivity contribution in [3.63, 3.8) is 0 Å². The summed E-state index contributed by atoms with van der Waals surface area (Å²) in [6, 6.07) is 20.9. The molecule has 0 radical (unpaired) electrons. The van der Waals surface area contributed by atoms with Crippen molar-refractivity contribution in [2.45, 2.75) is 59.4 Å². The highest BCUT2D eigenvalue weighted by molar-refractivity contribution is 5.97. The van der Waals surface area contributed by atoms with Crippen LogP contribution in [0.15, 0.2) is 60.7 Å². The zero-order chi connectivity index (χ0) is 25.2. The fraction of sp³-hybridized carbons (Fsp3) is 0.355. The highest BCUT2D eigenvalue weighted by atomic mass is 16.5. The summed E-state index contributed by atoms with van der Waals surface area (Å²) in [4.78, 5) is 20.0. The van der Waals surface area contributed by atoms with Crippen molar-refractivity contribution in [2.24, 2.45) is 0 Å². The van der Waals surface area contributed by atoms with Gasteiger partial charge < -0.3 is 14.2 Å². The summed E-state index contributed by atoms with van der Waals surface area (Å²) in [6.07, 6.45) is 2.43. The number of para-hydroxylation sites is 2. The first-order valence-electron chi connectivity index (χ1n) is 12.9. The van der Waals surface area contributed by atoms with E-state index in [1.54, 1.807) is 0 Å². The van der Waals surface area contributed by atoms with Crippen LogP contribution in [0, 0.1) is 27.7 Å². The van der Waals surface area contributed by atoms with Crippen LogP contribution in [-0.4, -0.2) is 28.6 Å². The number of aryl methyl sites for hydroxylation is 5. The van der Waals surface area contributed by atoms with Crippen LogP contribution in [0.5, 0.6) is 5.75 Å². The Bertz CT molecular complexity index is 1400. The van der Waals surface area contributed by atoms with Crippen molar-refractivity contribution >= 4 is 22.6 Å². The summed E-state index contributed by atoms with van der Waals surface area (Å²) in [5, 5.41) is 0. The number of carbonyl (C=O) groups is 1. The van der Waals surface area contributed by atoms with E-state index in [2.05, 4.69) is 80.8 Å². The average Bonchev–Trinajstić information content (AvgIpc) is 3.41. The quantitative estimate of drug-likeness (QED) is 0.265. The van der Waals surface area contributed by atoms with E-state index in [0.29, 0.717) is 19.6 Å². The van der Waals surface area contributed by atoms with Crippen LogP contribution in [0.3, 0.4) is 0 Å². The van der Waals surface area contributed by atoms with Gasteiger partial charge in [-0.25, -0.2) is 4.98 Å². The Hall–Kier alpha value is -3.60. The molecule has 0 aliphatic carbocycles. The molecule has 2 heterocycles. The third kappa shape index (κ3) is 4.88. The molecule has 5 rings (SSSR count). The molecule has 0 spiro atoms. The van der Waals surface area contributed by atoms with Crippen molar-refractivity contribution < 1.29 is 9.53 Å². The van der Waals surface area contributed by atoms with Gasteiger partial charge in [0.1, 0.15) is 11.6 Å². The van der Waals surface area contributed by atoms with Crippen LogP contribution in [0.2, 0.25) is 0 Å². The number of fused-ring (bicyclic) bond motifs is 1. The SMILES string of the molecule is Cc1ccc(N2CC(c3nc4ccccc4n3CCCCOc3ccc(C)c(C)c3)CC2=O)c(C)c1. The third-order valence-electron chi connectivity index (χ3n) is 7.34. The molecule has 186 valence electrons. The van der Waals surface area contributed by atoms with Gasteiger partial charge in [0.15, 0.2) is 0 Å².